The number of hydrogen-bond donors (Lipinski definition) is 1. The molecule has 0 unspecified atom stereocenters. The maximum absolute atomic E-state index is 5.35. The summed E-state index contributed by atoms with van der Waals surface area (Å²) in [4.78, 5) is 3.24. The third kappa shape index (κ3) is 1.83. The minimum Gasteiger partial charge on any atom is -0.496 e. The number of nitrogens with one attached hydrogen (secondary N) is 1. The molecule has 2 aromatic rings. The first-order valence-corrected chi connectivity index (χ1v) is 4.98. The molecule has 0 bridgehead atoms. The molecule has 1 N–H and O–H groups in total. The number of aromatic nitrogens is 1. The van der Waals surface area contributed by atoms with Crippen LogP contribution in [0.2, 0.25) is 0 Å². The lowest BCUT2D eigenvalue weighted by molar-refractivity contribution is 0.202. The van der Waals surface area contributed by atoms with E-state index >= 15 is 0 Å². The average molecular weight is 205 g/mol. The summed E-state index contributed by atoms with van der Waals surface area (Å²) in [7, 11) is 3.41. The van der Waals surface area contributed by atoms with Gasteiger partial charge in [-0.3, -0.25) is 0 Å². The van der Waals surface area contributed by atoms with Gasteiger partial charge in [0, 0.05) is 24.2 Å². The van der Waals surface area contributed by atoms with Gasteiger partial charge in [0.25, 0.3) is 0 Å². The Kier molecular flexibility index (Phi) is 2.92. The quantitative estimate of drug-likeness (QED) is 0.831. The van der Waals surface area contributed by atoms with E-state index in [4.69, 9.17) is 9.47 Å². The van der Waals surface area contributed by atoms with Crippen LogP contribution in [0.1, 0.15) is 5.56 Å². The van der Waals surface area contributed by atoms with Gasteiger partial charge in [-0.25, -0.2) is 0 Å². The number of methoxy groups -OCH3 is 2. The van der Waals surface area contributed by atoms with Crippen molar-refractivity contribution in [3.63, 3.8) is 0 Å². The monoisotopic (exact) mass is 205 g/mol. The minimum atomic E-state index is 0.727. The van der Waals surface area contributed by atoms with E-state index in [0.717, 1.165) is 29.7 Å². The molecule has 0 amide bonds. The first-order valence-electron chi connectivity index (χ1n) is 4.98. The Morgan fingerprint density at radius 3 is 2.87 bits per heavy atom. The molecule has 1 heterocycles. The van der Waals surface area contributed by atoms with Crippen molar-refractivity contribution in [3.05, 3.63) is 30.0 Å². The molecule has 0 aliphatic rings. The summed E-state index contributed by atoms with van der Waals surface area (Å²) in [6.07, 6.45) is 2.92. The van der Waals surface area contributed by atoms with Crippen molar-refractivity contribution in [3.8, 4) is 5.75 Å². The Morgan fingerprint density at radius 1 is 1.27 bits per heavy atom. The molecule has 0 spiro atoms. The van der Waals surface area contributed by atoms with E-state index < -0.39 is 0 Å². The van der Waals surface area contributed by atoms with Crippen LogP contribution < -0.4 is 4.74 Å². The van der Waals surface area contributed by atoms with Crippen LogP contribution in [0.3, 0.4) is 0 Å². The number of hydrogen-bond acceptors (Lipinski definition) is 2. The summed E-state index contributed by atoms with van der Waals surface area (Å²) in [6, 6.07) is 6.01. The van der Waals surface area contributed by atoms with Crippen molar-refractivity contribution < 1.29 is 9.47 Å². The van der Waals surface area contributed by atoms with Gasteiger partial charge in [-0.05, 0) is 24.1 Å². The lowest BCUT2D eigenvalue weighted by Gasteiger charge is -2.04. The number of H-pyrrole nitrogens is 1. The van der Waals surface area contributed by atoms with Gasteiger partial charge in [0.1, 0.15) is 5.75 Å². The standard InChI is InChI=1S/C12H15NO2/c1-14-7-6-9-8-13-10-4-3-5-11(15-2)12(9)10/h3-5,8,13H,6-7H2,1-2H3. The van der Waals surface area contributed by atoms with Crippen molar-refractivity contribution in [2.45, 2.75) is 6.42 Å². The second-order valence-electron chi connectivity index (χ2n) is 3.44. The molecule has 0 aliphatic heterocycles. The molecule has 0 fully saturated rings. The average Bonchev–Trinajstić information content (AvgIpc) is 2.69. The predicted molar refractivity (Wildman–Crippen MR) is 60.4 cm³/mol. The highest BCUT2D eigenvalue weighted by Gasteiger charge is 2.08. The zero-order chi connectivity index (χ0) is 10.7. The molecule has 15 heavy (non-hydrogen) atoms. The SMILES string of the molecule is COCCc1c[nH]c2cccc(OC)c12. The molecule has 0 saturated heterocycles. The summed E-state index contributed by atoms with van der Waals surface area (Å²) in [5, 5.41) is 1.16. The van der Waals surface area contributed by atoms with Crippen molar-refractivity contribution >= 4 is 10.9 Å². The number of ether oxygens (including phenoxy) is 2. The van der Waals surface area contributed by atoms with Gasteiger partial charge in [-0.2, -0.15) is 0 Å². The Labute approximate surface area is 89.0 Å². The zero-order valence-electron chi connectivity index (χ0n) is 9.04. The van der Waals surface area contributed by atoms with Crippen LogP contribution in [0.15, 0.2) is 24.4 Å². The van der Waals surface area contributed by atoms with E-state index in [0.29, 0.717) is 0 Å². The number of rotatable bonds is 4. The van der Waals surface area contributed by atoms with Crippen molar-refractivity contribution in [2.24, 2.45) is 0 Å². The highest BCUT2D eigenvalue weighted by Crippen LogP contribution is 2.28. The molecule has 1 aromatic carbocycles. The predicted octanol–water partition coefficient (Wildman–Crippen LogP) is 2.37. The molecule has 2 rings (SSSR count). The lowest BCUT2D eigenvalue weighted by atomic mass is 10.1. The Hall–Kier alpha value is -1.48. The van der Waals surface area contributed by atoms with Gasteiger partial charge in [0.15, 0.2) is 0 Å². The molecule has 0 saturated carbocycles. The number of aromatic amines is 1. The Morgan fingerprint density at radius 2 is 2.13 bits per heavy atom. The highest BCUT2D eigenvalue weighted by molar-refractivity contribution is 5.89. The van der Waals surface area contributed by atoms with Crippen LogP contribution in [0, 0.1) is 0 Å². The molecular formula is C12H15NO2. The normalized spacial score (nSPS) is 10.8. The second-order valence-corrected chi connectivity index (χ2v) is 3.44. The van der Waals surface area contributed by atoms with Crippen molar-refractivity contribution in [1.29, 1.82) is 0 Å². The molecule has 1 aromatic heterocycles. The third-order valence-electron chi connectivity index (χ3n) is 2.54. The molecule has 0 aliphatic carbocycles. The van der Waals surface area contributed by atoms with Gasteiger partial charge >= 0.3 is 0 Å². The van der Waals surface area contributed by atoms with Gasteiger partial charge in [-0.15, -0.1) is 0 Å². The second kappa shape index (κ2) is 4.36. The molecule has 0 radical (unpaired) electrons. The largest absolute Gasteiger partial charge is 0.496 e. The number of fused-ring (bicyclic) bond motifs is 1. The topological polar surface area (TPSA) is 34.2 Å². The smallest absolute Gasteiger partial charge is 0.128 e. The highest BCUT2D eigenvalue weighted by atomic mass is 16.5. The summed E-state index contributed by atoms with van der Waals surface area (Å²) >= 11 is 0. The van der Waals surface area contributed by atoms with E-state index in [1.54, 1.807) is 14.2 Å². The first kappa shape index (κ1) is 10.1. The molecule has 3 nitrogen and oxygen atoms in total. The van der Waals surface area contributed by atoms with Crippen LogP contribution in [0.25, 0.3) is 10.9 Å². The molecular weight excluding hydrogens is 190 g/mol. The van der Waals surface area contributed by atoms with Crippen LogP contribution in [0.5, 0.6) is 5.75 Å². The maximum Gasteiger partial charge on any atom is 0.128 e. The zero-order valence-corrected chi connectivity index (χ0v) is 9.04. The first-order chi connectivity index (χ1) is 7.36. The fourth-order valence-corrected chi connectivity index (χ4v) is 1.80. The Bertz CT molecular complexity index is 448. The van der Waals surface area contributed by atoms with Gasteiger partial charge in [0.2, 0.25) is 0 Å². The summed E-state index contributed by atoms with van der Waals surface area (Å²) in [5.41, 5.74) is 2.35. The van der Waals surface area contributed by atoms with E-state index in [-0.39, 0.29) is 0 Å². The fourth-order valence-electron chi connectivity index (χ4n) is 1.80. The van der Waals surface area contributed by atoms with Crippen LogP contribution in [-0.4, -0.2) is 25.8 Å². The van der Waals surface area contributed by atoms with E-state index in [1.807, 2.05) is 24.4 Å². The third-order valence-corrected chi connectivity index (χ3v) is 2.54. The van der Waals surface area contributed by atoms with Crippen LogP contribution in [0.4, 0.5) is 0 Å². The van der Waals surface area contributed by atoms with E-state index in [2.05, 4.69) is 4.98 Å². The Balaban J connectivity index is 2.46. The number of benzene rings is 1. The van der Waals surface area contributed by atoms with Gasteiger partial charge in [-0.1, -0.05) is 6.07 Å². The molecule has 3 heteroatoms. The molecule has 80 valence electrons. The van der Waals surface area contributed by atoms with Gasteiger partial charge < -0.3 is 14.5 Å². The van der Waals surface area contributed by atoms with Crippen LogP contribution >= 0.6 is 0 Å². The van der Waals surface area contributed by atoms with Crippen molar-refractivity contribution in [1.82, 2.24) is 4.98 Å². The maximum atomic E-state index is 5.35. The van der Waals surface area contributed by atoms with Gasteiger partial charge in [0.05, 0.1) is 13.7 Å². The fraction of sp³-hybridized carbons (Fsp3) is 0.333. The summed E-state index contributed by atoms with van der Waals surface area (Å²) in [5.74, 6) is 0.917. The lowest BCUT2D eigenvalue weighted by Crippen LogP contribution is -1.94. The van der Waals surface area contributed by atoms with E-state index in [1.165, 1.54) is 5.56 Å². The minimum absolute atomic E-state index is 0.727. The summed E-state index contributed by atoms with van der Waals surface area (Å²) < 4.78 is 10.4. The summed E-state index contributed by atoms with van der Waals surface area (Å²) in [6.45, 7) is 0.727. The molecule has 0 atom stereocenters. The van der Waals surface area contributed by atoms with Crippen molar-refractivity contribution in [2.75, 3.05) is 20.8 Å². The van der Waals surface area contributed by atoms with Crippen LogP contribution in [-0.2, 0) is 11.2 Å². The van der Waals surface area contributed by atoms with E-state index in [9.17, 15) is 0 Å².